The van der Waals surface area contributed by atoms with Crippen molar-refractivity contribution in [2.45, 2.75) is 58.9 Å². The van der Waals surface area contributed by atoms with E-state index in [-0.39, 0.29) is 11.4 Å². The molecule has 4 rings (SSSR count). The Morgan fingerprint density at radius 2 is 2.00 bits per heavy atom. The summed E-state index contributed by atoms with van der Waals surface area (Å²) in [6.45, 7) is 10.7. The molecule has 6 nitrogen and oxygen atoms in total. The minimum absolute atomic E-state index is 0.164. The number of hydrogen-bond donors (Lipinski definition) is 1. The van der Waals surface area contributed by atoms with E-state index in [9.17, 15) is 4.79 Å². The van der Waals surface area contributed by atoms with E-state index in [4.69, 9.17) is 14.8 Å². The lowest BCUT2D eigenvalue weighted by Gasteiger charge is -2.20. The number of benzene rings is 1. The van der Waals surface area contributed by atoms with Gasteiger partial charge in [-0.3, -0.25) is 4.79 Å². The summed E-state index contributed by atoms with van der Waals surface area (Å²) in [6, 6.07) is 9.45. The SMILES string of the molecule is CCOc1ccccc1NC(=O)c1cc(C2CC2)nc2c1c(C)nn2C(C)(C)C. The second kappa shape index (κ2) is 7.17. The number of para-hydroxylation sites is 2. The number of anilines is 1. The lowest BCUT2D eigenvalue weighted by Crippen LogP contribution is -2.23. The average Bonchev–Trinajstić information content (AvgIpc) is 3.46. The fourth-order valence-corrected chi connectivity index (χ4v) is 3.58. The fourth-order valence-electron chi connectivity index (χ4n) is 3.58. The largest absolute Gasteiger partial charge is 0.492 e. The van der Waals surface area contributed by atoms with Crippen LogP contribution in [0.3, 0.4) is 0 Å². The number of fused-ring (bicyclic) bond motifs is 1. The van der Waals surface area contributed by atoms with E-state index in [1.54, 1.807) is 0 Å². The summed E-state index contributed by atoms with van der Waals surface area (Å²) in [5, 5.41) is 8.58. The summed E-state index contributed by atoms with van der Waals surface area (Å²) in [5.74, 6) is 0.937. The Kier molecular flexibility index (Phi) is 4.81. The molecule has 2 aromatic heterocycles. The quantitative estimate of drug-likeness (QED) is 0.662. The standard InChI is InChI=1S/C23H28N4O2/c1-6-29-19-10-8-7-9-17(19)25-22(28)16-13-18(15-11-12-15)24-21-20(16)14(2)26-27(21)23(3,4)5/h7-10,13,15H,6,11-12H2,1-5H3,(H,25,28). The normalized spacial score (nSPS) is 14.2. The molecule has 3 aromatic rings. The maximum absolute atomic E-state index is 13.4. The molecule has 0 unspecified atom stereocenters. The van der Waals surface area contributed by atoms with Crippen LogP contribution in [0.25, 0.3) is 11.0 Å². The molecule has 1 N–H and O–H groups in total. The summed E-state index contributed by atoms with van der Waals surface area (Å²) in [4.78, 5) is 18.3. The first-order chi connectivity index (χ1) is 13.8. The maximum Gasteiger partial charge on any atom is 0.256 e. The number of nitrogens with one attached hydrogen (secondary N) is 1. The van der Waals surface area contributed by atoms with E-state index >= 15 is 0 Å². The highest BCUT2D eigenvalue weighted by Gasteiger charge is 2.30. The highest BCUT2D eigenvalue weighted by molar-refractivity contribution is 6.13. The fraction of sp³-hybridized carbons (Fsp3) is 0.435. The van der Waals surface area contributed by atoms with E-state index in [2.05, 4.69) is 26.1 Å². The van der Waals surface area contributed by atoms with Crippen molar-refractivity contribution in [3.05, 3.63) is 47.3 Å². The third-order valence-corrected chi connectivity index (χ3v) is 5.14. The second-order valence-electron chi connectivity index (χ2n) is 8.62. The van der Waals surface area contributed by atoms with Gasteiger partial charge in [0, 0.05) is 11.6 Å². The van der Waals surface area contributed by atoms with Crippen molar-refractivity contribution in [2.24, 2.45) is 0 Å². The van der Waals surface area contributed by atoms with Gasteiger partial charge in [0.2, 0.25) is 0 Å². The number of carbonyl (C=O) groups excluding carboxylic acids is 1. The van der Waals surface area contributed by atoms with Crippen molar-refractivity contribution in [3.8, 4) is 5.75 Å². The molecular formula is C23H28N4O2. The molecule has 152 valence electrons. The predicted octanol–water partition coefficient (Wildman–Crippen LogP) is 5.02. The van der Waals surface area contributed by atoms with Crippen LogP contribution in [-0.2, 0) is 5.54 Å². The molecule has 1 amide bonds. The zero-order valence-electron chi connectivity index (χ0n) is 17.7. The number of aromatic nitrogens is 3. The first kappa shape index (κ1) is 19.4. The van der Waals surface area contributed by atoms with E-state index in [1.807, 2.05) is 48.9 Å². The lowest BCUT2D eigenvalue weighted by molar-refractivity contribution is 0.102. The Morgan fingerprint density at radius 3 is 2.66 bits per heavy atom. The van der Waals surface area contributed by atoms with E-state index < -0.39 is 0 Å². The molecule has 0 radical (unpaired) electrons. The first-order valence-corrected chi connectivity index (χ1v) is 10.2. The summed E-state index contributed by atoms with van der Waals surface area (Å²) in [6.07, 6.45) is 2.24. The van der Waals surface area contributed by atoms with Crippen molar-refractivity contribution in [2.75, 3.05) is 11.9 Å². The monoisotopic (exact) mass is 392 g/mol. The second-order valence-corrected chi connectivity index (χ2v) is 8.62. The van der Waals surface area contributed by atoms with Crippen LogP contribution >= 0.6 is 0 Å². The highest BCUT2D eigenvalue weighted by Crippen LogP contribution is 2.41. The van der Waals surface area contributed by atoms with Crippen LogP contribution in [0.5, 0.6) is 5.75 Å². The van der Waals surface area contributed by atoms with Gasteiger partial charge in [0.15, 0.2) is 5.65 Å². The van der Waals surface area contributed by atoms with Gasteiger partial charge in [0.25, 0.3) is 5.91 Å². The van der Waals surface area contributed by atoms with Gasteiger partial charge in [-0.1, -0.05) is 12.1 Å². The Balaban J connectivity index is 1.82. The van der Waals surface area contributed by atoms with E-state index in [0.717, 1.165) is 35.3 Å². The van der Waals surface area contributed by atoms with Crippen LogP contribution in [0.4, 0.5) is 5.69 Å². The summed E-state index contributed by atoms with van der Waals surface area (Å²) in [5.41, 5.74) is 3.63. The zero-order chi connectivity index (χ0) is 20.8. The van der Waals surface area contributed by atoms with E-state index in [1.165, 1.54) is 0 Å². The molecule has 2 heterocycles. The number of ether oxygens (including phenoxy) is 1. The van der Waals surface area contributed by atoms with Gasteiger partial charge in [-0.15, -0.1) is 0 Å². The summed E-state index contributed by atoms with van der Waals surface area (Å²) in [7, 11) is 0. The Hall–Kier alpha value is -2.89. The predicted molar refractivity (Wildman–Crippen MR) is 115 cm³/mol. The molecule has 6 heteroatoms. The number of hydrogen-bond acceptors (Lipinski definition) is 4. The molecule has 1 fully saturated rings. The molecule has 1 saturated carbocycles. The van der Waals surface area contributed by atoms with Crippen molar-refractivity contribution in [1.29, 1.82) is 0 Å². The topological polar surface area (TPSA) is 69.0 Å². The van der Waals surface area contributed by atoms with Crippen LogP contribution < -0.4 is 10.1 Å². The van der Waals surface area contributed by atoms with Gasteiger partial charge in [0.1, 0.15) is 5.75 Å². The van der Waals surface area contributed by atoms with E-state index in [0.29, 0.717) is 29.5 Å². The van der Waals surface area contributed by atoms with Crippen molar-refractivity contribution >= 4 is 22.6 Å². The molecule has 1 aliphatic rings. The van der Waals surface area contributed by atoms with Crippen LogP contribution in [0, 0.1) is 6.92 Å². The van der Waals surface area contributed by atoms with Crippen LogP contribution in [0.2, 0.25) is 0 Å². The molecule has 0 aliphatic heterocycles. The average molecular weight is 393 g/mol. The van der Waals surface area contributed by atoms with Crippen molar-refractivity contribution < 1.29 is 9.53 Å². The van der Waals surface area contributed by atoms with Gasteiger partial charge in [0.05, 0.1) is 34.5 Å². The van der Waals surface area contributed by atoms with Crippen molar-refractivity contribution in [3.63, 3.8) is 0 Å². The van der Waals surface area contributed by atoms with Gasteiger partial charge < -0.3 is 10.1 Å². The van der Waals surface area contributed by atoms with Gasteiger partial charge in [-0.25, -0.2) is 9.67 Å². The first-order valence-electron chi connectivity index (χ1n) is 10.2. The smallest absolute Gasteiger partial charge is 0.256 e. The molecule has 1 aliphatic carbocycles. The zero-order valence-corrected chi connectivity index (χ0v) is 17.7. The molecule has 0 bridgehead atoms. The molecule has 0 atom stereocenters. The molecular weight excluding hydrogens is 364 g/mol. The minimum Gasteiger partial charge on any atom is -0.492 e. The van der Waals surface area contributed by atoms with Crippen LogP contribution in [0.15, 0.2) is 30.3 Å². The van der Waals surface area contributed by atoms with Crippen molar-refractivity contribution in [1.82, 2.24) is 14.8 Å². The van der Waals surface area contributed by atoms with Crippen LogP contribution in [-0.4, -0.2) is 27.3 Å². The minimum atomic E-state index is -0.225. The maximum atomic E-state index is 13.4. The molecule has 0 saturated heterocycles. The highest BCUT2D eigenvalue weighted by atomic mass is 16.5. The summed E-state index contributed by atoms with van der Waals surface area (Å²) < 4.78 is 7.60. The number of nitrogens with zero attached hydrogens (tertiary/aromatic N) is 3. The number of pyridine rings is 1. The van der Waals surface area contributed by atoms with Gasteiger partial charge in [-0.05, 0) is 65.7 Å². The third-order valence-electron chi connectivity index (χ3n) is 5.14. The number of amides is 1. The summed E-state index contributed by atoms with van der Waals surface area (Å²) >= 11 is 0. The molecule has 0 spiro atoms. The lowest BCUT2D eigenvalue weighted by atomic mass is 10.1. The number of aryl methyl sites for hydroxylation is 1. The Morgan fingerprint density at radius 1 is 1.28 bits per heavy atom. The Labute approximate surface area is 171 Å². The van der Waals surface area contributed by atoms with Gasteiger partial charge in [-0.2, -0.15) is 5.10 Å². The Bertz CT molecular complexity index is 1070. The number of rotatable bonds is 5. The molecule has 1 aromatic carbocycles. The molecule has 29 heavy (non-hydrogen) atoms. The van der Waals surface area contributed by atoms with Crippen LogP contribution in [0.1, 0.15) is 68.2 Å². The third kappa shape index (κ3) is 3.71. The van der Waals surface area contributed by atoms with Gasteiger partial charge >= 0.3 is 0 Å². The number of carbonyl (C=O) groups is 1.